The van der Waals surface area contributed by atoms with Crippen LogP contribution in [0.2, 0.25) is 0 Å². The van der Waals surface area contributed by atoms with Gasteiger partial charge < -0.3 is 30.1 Å². The fraction of sp³-hybridized carbons (Fsp3) is 0.0833. The van der Waals surface area contributed by atoms with Crippen molar-refractivity contribution in [3.8, 4) is 11.5 Å². The number of anilines is 2. The number of aromatic nitrogens is 6. The molecule has 0 bridgehead atoms. The lowest BCUT2D eigenvalue weighted by molar-refractivity contribution is 0.0961. The van der Waals surface area contributed by atoms with Crippen LogP contribution in [0, 0.1) is 0 Å². The first-order valence-corrected chi connectivity index (χ1v) is 19.4. The first kappa shape index (κ1) is 37.5. The number of pyridine rings is 2. The van der Waals surface area contributed by atoms with Gasteiger partial charge in [0, 0.05) is 81.2 Å². The number of ketones is 2. The first-order chi connectivity index (χ1) is 29.4. The Morgan fingerprint density at radius 1 is 0.533 bits per heavy atom. The van der Waals surface area contributed by atoms with Crippen LogP contribution >= 0.6 is 0 Å². The van der Waals surface area contributed by atoms with E-state index in [1.54, 1.807) is 35.6 Å². The van der Waals surface area contributed by atoms with Crippen molar-refractivity contribution in [2.24, 2.45) is 0 Å². The van der Waals surface area contributed by atoms with Crippen LogP contribution in [0.3, 0.4) is 0 Å². The number of rotatable bonds is 12. The van der Waals surface area contributed by atoms with Crippen molar-refractivity contribution >= 4 is 55.8 Å². The lowest BCUT2D eigenvalue weighted by Crippen LogP contribution is -2.22. The minimum Gasteiger partial charge on any atom is -0.497 e. The molecule has 4 aromatic carbocycles. The van der Waals surface area contributed by atoms with Crippen molar-refractivity contribution in [2.45, 2.75) is 12.1 Å². The molecule has 0 amide bonds. The molecule has 0 fully saturated rings. The molecule has 0 aliphatic rings. The average molecular weight is 793 g/mol. The standard InChI is InChI=1S/2C24H20N4O2/c2*1-30-18-9-6-7-16(13-18)26-23(22-14-17-8-4-5-12-28(17)27-22)24(29)20-15-25-21-11-3-2-10-19(20)21/h2*2-15,23,25-26H,1H3. The van der Waals surface area contributed by atoms with Gasteiger partial charge in [-0.15, -0.1) is 0 Å². The van der Waals surface area contributed by atoms with Crippen molar-refractivity contribution < 1.29 is 19.1 Å². The third-order valence-electron chi connectivity index (χ3n) is 10.4. The highest BCUT2D eigenvalue weighted by molar-refractivity contribution is 6.12. The van der Waals surface area contributed by atoms with Gasteiger partial charge in [-0.25, -0.2) is 9.03 Å². The van der Waals surface area contributed by atoms with E-state index in [0.29, 0.717) is 34.0 Å². The number of hydrogen-bond donors (Lipinski definition) is 4. The largest absolute Gasteiger partial charge is 0.497 e. The van der Waals surface area contributed by atoms with E-state index in [4.69, 9.17) is 9.47 Å². The number of para-hydroxylation sites is 2. The molecule has 6 heterocycles. The number of Topliss-reactive ketones (excluding diaryl/α,β-unsaturated/α-hetero) is 2. The molecule has 0 aliphatic heterocycles. The second kappa shape index (κ2) is 16.4. The van der Waals surface area contributed by atoms with Crippen LogP contribution in [-0.4, -0.2) is 55.0 Å². The number of H-pyrrole nitrogens is 2. The van der Waals surface area contributed by atoms with Crippen LogP contribution in [-0.2, 0) is 0 Å². The second-order valence-corrected chi connectivity index (χ2v) is 14.1. The Bertz CT molecular complexity index is 2850. The second-order valence-electron chi connectivity index (χ2n) is 14.1. The molecule has 60 heavy (non-hydrogen) atoms. The van der Waals surface area contributed by atoms with Gasteiger partial charge in [0.2, 0.25) is 0 Å². The SMILES string of the molecule is COc1cccc(NC(C(=O)c2c[nH]c3ccccc23)c2cc3ccccn3n2)c1.COc1cccc(NC(C(=O)c2c[nH]c3ccccc23)c2cc3ccccn3n2)c1. The maximum absolute atomic E-state index is 13.7. The smallest absolute Gasteiger partial charge is 0.193 e. The van der Waals surface area contributed by atoms with Crippen molar-refractivity contribution in [3.05, 3.63) is 193 Å². The number of methoxy groups -OCH3 is 2. The van der Waals surface area contributed by atoms with Crippen molar-refractivity contribution in [1.82, 2.24) is 29.2 Å². The Morgan fingerprint density at radius 3 is 1.40 bits per heavy atom. The molecule has 2 unspecified atom stereocenters. The molecule has 12 nitrogen and oxygen atoms in total. The van der Waals surface area contributed by atoms with Crippen LogP contribution < -0.4 is 20.1 Å². The monoisotopic (exact) mass is 792 g/mol. The highest BCUT2D eigenvalue weighted by Crippen LogP contribution is 2.31. The highest BCUT2D eigenvalue weighted by atomic mass is 16.5. The van der Waals surface area contributed by atoms with Gasteiger partial charge in [0.05, 0.1) is 36.6 Å². The summed E-state index contributed by atoms with van der Waals surface area (Å²) in [7, 11) is 3.24. The number of fused-ring (bicyclic) bond motifs is 4. The Balaban J connectivity index is 0.000000154. The van der Waals surface area contributed by atoms with Gasteiger partial charge in [-0.05, 0) is 72.8 Å². The molecule has 0 saturated carbocycles. The molecule has 0 spiro atoms. The molecule has 10 rings (SSSR count). The third-order valence-corrected chi connectivity index (χ3v) is 10.4. The fourth-order valence-electron chi connectivity index (χ4n) is 7.37. The number of aromatic amines is 2. The summed E-state index contributed by atoms with van der Waals surface area (Å²) >= 11 is 0. The maximum Gasteiger partial charge on any atom is 0.193 e. The van der Waals surface area contributed by atoms with E-state index in [1.165, 1.54) is 0 Å². The zero-order valence-electron chi connectivity index (χ0n) is 32.7. The highest BCUT2D eigenvalue weighted by Gasteiger charge is 2.28. The number of ether oxygens (including phenoxy) is 2. The Labute approximate surface area is 344 Å². The summed E-state index contributed by atoms with van der Waals surface area (Å²) in [6.45, 7) is 0. The van der Waals surface area contributed by atoms with Crippen LogP contribution in [0.25, 0.3) is 32.8 Å². The minimum absolute atomic E-state index is 0.0568. The van der Waals surface area contributed by atoms with E-state index in [2.05, 4.69) is 30.8 Å². The summed E-state index contributed by atoms with van der Waals surface area (Å²) in [6.07, 6.45) is 7.28. The molecule has 2 atom stereocenters. The minimum atomic E-state index is -0.656. The number of nitrogens with zero attached hydrogens (tertiary/aromatic N) is 4. The zero-order valence-corrected chi connectivity index (χ0v) is 32.7. The van der Waals surface area contributed by atoms with E-state index in [1.807, 2.05) is 158 Å². The molecule has 12 heteroatoms. The predicted molar refractivity (Wildman–Crippen MR) is 234 cm³/mol. The van der Waals surface area contributed by atoms with Gasteiger partial charge in [-0.2, -0.15) is 10.2 Å². The molecular weight excluding hydrogens is 753 g/mol. The third kappa shape index (κ3) is 7.52. The van der Waals surface area contributed by atoms with Crippen LogP contribution in [0.1, 0.15) is 44.2 Å². The lowest BCUT2D eigenvalue weighted by Gasteiger charge is -2.17. The van der Waals surface area contributed by atoms with Crippen molar-refractivity contribution in [3.63, 3.8) is 0 Å². The van der Waals surface area contributed by atoms with E-state index >= 15 is 0 Å². The van der Waals surface area contributed by atoms with Gasteiger partial charge in [0.15, 0.2) is 11.6 Å². The molecule has 0 saturated heterocycles. The van der Waals surface area contributed by atoms with Crippen molar-refractivity contribution in [2.75, 3.05) is 24.9 Å². The van der Waals surface area contributed by atoms with E-state index in [0.717, 1.165) is 44.2 Å². The maximum atomic E-state index is 13.7. The average Bonchev–Trinajstić information content (AvgIpc) is 4.12. The summed E-state index contributed by atoms with van der Waals surface area (Å²) < 4.78 is 14.2. The van der Waals surface area contributed by atoms with E-state index in [9.17, 15) is 9.59 Å². The van der Waals surface area contributed by atoms with Crippen molar-refractivity contribution in [1.29, 1.82) is 0 Å². The summed E-state index contributed by atoms with van der Waals surface area (Å²) in [6, 6.07) is 44.9. The van der Waals surface area contributed by atoms with Crippen LogP contribution in [0.4, 0.5) is 11.4 Å². The molecule has 10 aromatic rings. The van der Waals surface area contributed by atoms with Gasteiger partial charge >= 0.3 is 0 Å². The Morgan fingerprint density at radius 2 is 0.967 bits per heavy atom. The normalized spacial score (nSPS) is 12.2. The molecule has 6 aromatic heterocycles. The number of carbonyl (C=O) groups is 2. The predicted octanol–water partition coefficient (Wildman–Crippen LogP) is 9.72. The number of nitrogens with one attached hydrogen (secondary N) is 4. The molecule has 0 aliphatic carbocycles. The topological polar surface area (TPSA) is 143 Å². The molecule has 296 valence electrons. The summed E-state index contributed by atoms with van der Waals surface area (Å²) in [5.74, 6) is 1.32. The van der Waals surface area contributed by atoms with Gasteiger partial charge in [-0.3, -0.25) is 9.59 Å². The lowest BCUT2D eigenvalue weighted by atomic mass is 10.0. The summed E-state index contributed by atoms with van der Waals surface area (Å²) in [5, 5.41) is 17.8. The van der Waals surface area contributed by atoms with E-state index < -0.39 is 12.1 Å². The van der Waals surface area contributed by atoms with Gasteiger partial charge in [0.1, 0.15) is 23.6 Å². The van der Waals surface area contributed by atoms with Gasteiger partial charge in [0.25, 0.3) is 0 Å². The Kier molecular flexibility index (Phi) is 10.2. The Hall–Kier alpha value is -8.12. The first-order valence-electron chi connectivity index (χ1n) is 19.4. The zero-order chi connectivity index (χ0) is 41.0. The number of carbonyl (C=O) groups excluding carboxylic acids is 2. The summed E-state index contributed by atoms with van der Waals surface area (Å²) in [5.41, 5.74) is 7.83. The van der Waals surface area contributed by atoms with Crippen LogP contribution in [0.15, 0.2) is 170 Å². The summed E-state index contributed by atoms with van der Waals surface area (Å²) in [4.78, 5) is 33.8. The molecular formula is C48H40N8O4. The van der Waals surface area contributed by atoms with Crippen LogP contribution in [0.5, 0.6) is 11.5 Å². The van der Waals surface area contributed by atoms with E-state index in [-0.39, 0.29) is 11.6 Å². The number of benzene rings is 4. The fourth-order valence-corrected chi connectivity index (χ4v) is 7.37. The van der Waals surface area contributed by atoms with Gasteiger partial charge in [-0.1, -0.05) is 60.7 Å². The number of hydrogen-bond acceptors (Lipinski definition) is 8. The molecule has 0 radical (unpaired) electrons. The quantitative estimate of drug-likeness (QED) is 0.0896. The molecule has 4 N–H and O–H groups in total.